The van der Waals surface area contributed by atoms with Gasteiger partial charge in [-0.1, -0.05) is 23.9 Å². The van der Waals surface area contributed by atoms with E-state index in [0.717, 1.165) is 16.8 Å². The molecule has 7 heteroatoms. The van der Waals surface area contributed by atoms with E-state index in [4.69, 9.17) is 0 Å². The van der Waals surface area contributed by atoms with Gasteiger partial charge in [0.25, 0.3) is 0 Å². The van der Waals surface area contributed by atoms with Crippen LogP contribution in [-0.4, -0.2) is 26.4 Å². The van der Waals surface area contributed by atoms with Crippen molar-refractivity contribution in [3.8, 4) is 0 Å². The molecule has 0 aliphatic carbocycles. The number of benzene rings is 1. The summed E-state index contributed by atoms with van der Waals surface area (Å²) in [5, 5.41) is 11.6. The molecule has 0 fully saturated rings. The molecule has 2 heterocycles. The fourth-order valence-electron chi connectivity index (χ4n) is 1.83. The number of aromatic nitrogens is 4. The molecule has 3 aromatic rings. The second-order valence-corrected chi connectivity index (χ2v) is 4.94. The molecule has 0 aliphatic heterocycles. The average molecular weight is 289 g/mol. The minimum Gasteiger partial charge on any atom is -0.365 e. The Kier molecular flexibility index (Phi) is 3.51. The molecule has 0 aliphatic rings. The first-order chi connectivity index (χ1) is 9.76. The maximum absolute atomic E-state index is 12.9. The van der Waals surface area contributed by atoms with E-state index in [1.54, 1.807) is 18.3 Å². The Labute approximate surface area is 119 Å². The fourth-order valence-corrected chi connectivity index (χ4v) is 2.19. The number of halogens is 1. The largest absolute Gasteiger partial charge is 0.365 e. The Hall–Kier alpha value is -2.15. The number of thioether (sulfide) groups is 1. The van der Waals surface area contributed by atoms with Crippen LogP contribution in [0.4, 0.5) is 10.2 Å². The third-order valence-corrected chi connectivity index (χ3v) is 3.39. The van der Waals surface area contributed by atoms with Gasteiger partial charge >= 0.3 is 0 Å². The molecule has 0 spiro atoms. The van der Waals surface area contributed by atoms with Crippen LogP contribution in [0.2, 0.25) is 0 Å². The number of H-pyrrole nitrogens is 1. The zero-order chi connectivity index (χ0) is 13.9. The van der Waals surface area contributed by atoms with Crippen molar-refractivity contribution in [2.24, 2.45) is 0 Å². The first-order valence-corrected chi connectivity index (χ1v) is 7.22. The first-order valence-electron chi connectivity index (χ1n) is 5.99. The highest BCUT2D eigenvalue weighted by Gasteiger charge is 2.08. The zero-order valence-electron chi connectivity index (χ0n) is 10.7. The maximum atomic E-state index is 12.9. The van der Waals surface area contributed by atoms with Gasteiger partial charge in [-0.25, -0.2) is 14.4 Å². The van der Waals surface area contributed by atoms with Gasteiger partial charge in [0.1, 0.15) is 11.6 Å². The van der Waals surface area contributed by atoms with E-state index < -0.39 is 0 Å². The summed E-state index contributed by atoms with van der Waals surface area (Å²) in [4.78, 5) is 8.76. The lowest BCUT2D eigenvalue weighted by atomic mass is 10.2. The van der Waals surface area contributed by atoms with Gasteiger partial charge in [0, 0.05) is 6.54 Å². The van der Waals surface area contributed by atoms with Gasteiger partial charge in [0.2, 0.25) is 0 Å². The average Bonchev–Trinajstić information content (AvgIpc) is 2.94. The predicted molar refractivity (Wildman–Crippen MR) is 77.2 cm³/mol. The monoisotopic (exact) mass is 289 g/mol. The minimum absolute atomic E-state index is 0.238. The molecular weight excluding hydrogens is 277 g/mol. The van der Waals surface area contributed by atoms with Crippen LogP contribution in [0.3, 0.4) is 0 Å². The Morgan fingerprint density at radius 1 is 1.25 bits per heavy atom. The Bertz CT molecular complexity index is 725. The van der Waals surface area contributed by atoms with Crippen LogP contribution in [0.1, 0.15) is 5.56 Å². The molecule has 0 atom stereocenters. The maximum Gasteiger partial charge on any atom is 0.191 e. The van der Waals surface area contributed by atoms with Gasteiger partial charge in [-0.2, -0.15) is 5.10 Å². The van der Waals surface area contributed by atoms with Crippen LogP contribution in [0.5, 0.6) is 0 Å². The lowest BCUT2D eigenvalue weighted by molar-refractivity contribution is 0.627. The number of nitrogens with one attached hydrogen (secondary N) is 2. The molecule has 0 bridgehead atoms. The number of rotatable bonds is 4. The van der Waals surface area contributed by atoms with Crippen LogP contribution in [-0.2, 0) is 6.54 Å². The molecular formula is C13H12FN5S. The van der Waals surface area contributed by atoms with Crippen molar-refractivity contribution in [3.63, 3.8) is 0 Å². The summed E-state index contributed by atoms with van der Waals surface area (Å²) in [6, 6.07) is 6.37. The van der Waals surface area contributed by atoms with Crippen LogP contribution in [0, 0.1) is 5.82 Å². The van der Waals surface area contributed by atoms with E-state index in [1.807, 2.05) is 6.26 Å². The van der Waals surface area contributed by atoms with Gasteiger partial charge < -0.3 is 5.32 Å². The summed E-state index contributed by atoms with van der Waals surface area (Å²) in [5.74, 6) is 0.482. The minimum atomic E-state index is -0.238. The van der Waals surface area contributed by atoms with Crippen LogP contribution < -0.4 is 5.32 Å². The smallest absolute Gasteiger partial charge is 0.191 e. The summed E-state index contributed by atoms with van der Waals surface area (Å²) in [6.45, 7) is 0.561. The number of hydrogen-bond donors (Lipinski definition) is 2. The van der Waals surface area contributed by atoms with Crippen molar-refractivity contribution in [1.29, 1.82) is 0 Å². The highest BCUT2D eigenvalue weighted by Crippen LogP contribution is 2.22. The van der Waals surface area contributed by atoms with Crippen LogP contribution >= 0.6 is 11.8 Å². The molecule has 20 heavy (non-hydrogen) atoms. The fraction of sp³-hybridized carbons (Fsp3) is 0.154. The number of hydrogen-bond acceptors (Lipinski definition) is 5. The molecule has 2 aromatic heterocycles. The lowest BCUT2D eigenvalue weighted by Crippen LogP contribution is -2.03. The molecule has 0 radical (unpaired) electrons. The van der Waals surface area contributed by atoms with E-state index in [-0.39, 0.29) is 5.82 Å². The number of fused-ring (bicyclic) bond motifs is 1. The normalized spacial score (nSPS) is 10.9. The highest BCUT2D eigenvalue weighted by atomic mass is 32.2. The summed E-state index contributed by atoms with van der Waals surface area (Å²) in [7, 11) is 0. The van der Waals surface area contributed by atoms with Gasteiger partial charge in [-0.05, 0) is 24.0 Å². The standard InChI is InChI=1S/C13H12FN5S/c1-20-13-17-11(10-7-16-19-12(10)18-13)15-6-8-2-4-9(14)5-3-8/h2-5,7H,6H2,1H3,(H2,15,16,17,18,19). The zero-order valence-corrected chi connectivity index (χ0v) is 11.5. The second-order valence-electron chi connectivity index (χ2n) is 4.17. The SMILES string of the molecule is CSc1nc(NCc2ccc(F)cc2)c2cn[nH]c2n1. The number of aromatic amines is 1. The molecule has 0 saturated carbocycles. The van der Waals surface area contributed by atoms with Gasteiger partial charge in [-0.3, -0.25) is 5.10 Å². The quantitative estimate of drug-likeness (QED) is 0.571. The topological polar surface area (TPSA) is 66.5 Å². The summed E-state index contributed by atoms with van der Waals surface area (Å²) in [5.41, 5.74) is 1.68. The van der Waals surface area contributed by atoms with E-state index in [0.29, 0.717) is 17.3 Å². The Balaban J connectivity index is 1.86. The molecule has 0 unspecified atom stereocenters. The molecule has 0 saturated heterocycles. The second kappa shape index (κ2) is 5.46. The van der Waals surface area contributed by atoms with Crippen LogP contribution in [0.15, 0.2) is 35.6 Å². The predicted octanol–water partition coefficient (Wildman–Crippen LogP) is 2.83. The molecule has 1 aromatic carbocycles. The molecule has 0 amide bonds. The summed E-state index contributed by atoms with van der Waals surface area (Å²) in [6.07, 6.45) is 3.60. The van der Waals surface area contributed by atoms with Crippen molar-refractivity contribution in [2.75, 3.05) is 11.6 Å². The van der Waals surface area contributed by atoms with Crippen molar-refractivity contribution in [2.45, 2.75) is 11.7 Å². The van der Waals surface area contributed by atoms with E-state index in [9.17, 15) is 4.39 Å². The van der Waals surface area contributed by atoms with Gasteiger partial charge in [0.05, 0.1) is 11.6 Å². The van der Waals surface area contributed by atoms with Crippen molar-refractivity contribution >= 4 is 28.6 Å². The van der Waals surface area contributed by atoms with Gasteiger partial charge in [-0.15, -0.1) is 0 Å². The Morgan fingerprint density at radius 3 is 2.80 bits per heavy atom. The Morgan fingerprint density at radius 2 is 2.05 bits per heavy atom. The van der Waals surface area contributed by atoms with Crippen molar-refractivity contribution in [3.05, 3.63) is 41.8 Å². The van der Waals surface area contributed by atoms with E-state index in [2.05, 4.69) is 25.5 Å². The van der Waals surface area contributed by atoms with Crippen molar-refractivity contribution < 1.29 is 4.39 Å². The third-order valence-electron chi connectivity index (χ3n) is 2.85. The molecule has 5 nitrogen and oxygen atoms in total. The third kappa shape index (κ3) is 2.57. The summed E-state index contributed by atoms with van der Waals surface area (Å²) < 4.78 is 12.9. The van der Waals surface area contributed by atoms with Gasteiger partial charge in [0.15, 0.2) is 10.8 Å². The lowest BCUT2D eigenvalue weighted by Gasteiger charge is -2.07. The first kappa shape index (κ1) is 12.9. The van der Waals surface area contributed by atoms with Crippen molar-refractivity contribution in [1.82, 2.24) is 20.2 Å². The van der Waals surface area contributed by atoms with E-state index in [1.165, 1.54) is 23.9 Å². The molecule has 3 rings (SSSR count). The number of nitrogens with zero attached hydrogens (tertiary/aromatic N) is 3. The summed E-state index contributed by atoms with van der Waals surface area (Å²) >= 11 is 1.47. The molecule has 102 valence electrons. The molecule has 2 N–H and O–H groups in total. The van der Waals surface area contributed by atoms with E-state index >= 15 is 0 Å². The highest BCUT2D eigenvalue weighted by molar-refractivity contribution is 7.98. The number of anilines is 1. The van der Waals surface area contributed by atoms with Crippen LogP contribution in [0.25, 0.3) is 11.0 Å².